The highest BCUT2D eigenvalue weighted by molar-refractivity contribution is 7.81. The molecule has 2 nitrogen and oxygen atoms in total. The Morgan fingerprint density at radius 3 is 1.00 bits per heavy atom. The summed E-state index contributed by atoms with van der Waals surface area (Å²) in [7, 11) is -4.51. The molecule has 4 heteroatoms. The summed E-state index contributed by atoms with van der Waals surface area (Å²) in [4.78, 5) is -0.514. The van der Waals surface area contributed by atoms with Crippen molar-refractivity contribution in [3.63, 3.8) is 0 Å². The summed E-state index contributed by atoms with van der Waals surface area (Å²) in [5.41, 5.74) is 0. The summed E-state index contributed by atoms with van der Waals surface area (Å²) in [6, 6.07) is 0. The molecule has 0 unspecified atom stereocenters. The molecule has 0 aromatic heterocycles. The van der Waals surface area contributed by atoms with Gasteiger partial charge in [-0.2, -0.15) is 0 Å². The van der Waals surface area contributed by atoms with Crippen molar-refractivity contribution in [1.29, 1.82) is 0 Å². The van der Waals surface area contributed by atoms with Crippen LogP contribution in [0.2, 0.25) is 0 Å². The molecule has 0 aromatic rings. The Balaban J connectivity index is 5.08. The topological polar surface area (TPSA) is 34.1 Å². The van der Waals surface area contributed by atoms with E-state index in [4.69, 9.17) is 0 Å². The van der Waals surface area contributed by atoms with Crippen LogP contribution in [0.5, 0.6) is 0 Å². The van der Waals surface area contributed by atoms with Crippen LogP contribution in [-0.2, 0) is 9.13 Å². The molecule has 0 atom stereocenters. The highest BCUT2D eigenvalue weighted by Crippen LogP contribution is 2.69. The fourth-order valence-corrected chi connectivity index (χ4v) is 5.22. The maximum Gasteiger partial charge on any atom is 0.0942 e. The van der Waals surface area contributed by atoms with E-state index in [-0.39, 0.29) is 0 Å². The first-order valence-corrected chi connectivity index (χ1v) is 8.80. The zero-order chi connectivity index (χ0) is 9.50. The van der Waals surface area contributed by atoms with Gasteiger partial charge >= 0.3 is 0 Å². The van der Waals surface area contributed by atoms with Crippen molar-refractivity contribution >= 4 is 14.3 Å². The van der Waals surface area contributed by atoms with Crippen molar-refractivity contribution < 1.29 is 9.13 Å². The van der Waals surface area contributed by atoms with Gasteiger partial charge in [-0.25, -0.2) is 0 Å². The second-order valence-electron chi connectivity index (χ2n) is 4.20. The standard InChI is InChI=1S/C7H18O2P2/c1-7(2,10(3,4)8)11(5,6)9/h1-6H3. The van der Waals surface area contributed by atoms with Gasteiger partial charge in [0, 0.05) is 0 Å². The third kappa shape index (κ3) is 2.20. The van der Waals surface area contributed by atoms with E-state index in [1.54, 1.807) is 26.7 Å². The molecular formula is C7H18O2P2. The van der Waals surface area contributed by atoms with E-state index in [0.717, 1.165) is 0 Å². The molecule has 0 rings (SSSR count). The van der Waals surface area contributed by atoms with Crippen molar-refractivity contribution in [3.05, 3.63) is 0 Å². The van der Waals surface area contributed by atoms with Gasteiger partial charge in [0.1, 0.15) is 0 Å². The van der Waals surface area contributed by atoms with Gasteiger partial charge in [0.2, 0.25) is 0 Å². The molecular weight excluding hydrogens is 178 g/mol. The first-order valence-electron chi connectivity index (χ1n) is 3.60. The summed E-state index contributed by atoms with van der Waals surface area (Å²) < 4.78 is 23.4. The Labute approximate surface area is 69.5 Å². The van der Waals surface area contributed by atoms with Crippen LogP contribution < -0.4 is 0 Å². The molecule has 0 amide bonds. The minimum absolute atomic E-state index is 0.514. The molecule has 0 spiro atoms. The Morgan fingerprint density at radius 1 is 0.818 bits per heavy atom. The predicted molar refractivity (Wildman–Crippen MR) is 53.0 cm³/mol. The Bertz CT molecular complexity index is 207. The maximum atomic E-state index is 11.7. The van der Waals surface area contributed by atoms with Crippen LogP contribution in [0.15, 0.2) is 0 Å². The first kappa shape index (κ1) is 11.5. The summed E-state index contributed by atoms with van der Waals surface area (Å²) >= 11 is 0. The van der Waals surface area contributed by atoms with E-state index >= 15 is 0 Å². The van der Waals surface area contributed by atoms with Gasteiger partial charge in [-0.3, -0.25) is 0 Å². The highest BCUT2D eigenvalue weighted by Gasteiger charge is 2.42. The van der Waals surface area contributed by atoms with Crippen LogP contribution in [0, 0.1) is 0 Å². The third-order valence-electron chi connectivity index (χ3n) is 2.64. The van der Waals surface area contributed by atoms with Crippen molar-refractivity contribution in [1.82, 2.24) is 0 Å². The van der Waals surface area contributed by atoms with Crippen LogP contribution in [0.1, 0.15) is 13.8 Å². The zero-order valence-electron chi connectivity index (χ0n) is 8.21. The average Bonchev–Trinajstić information content (AvgIpc) is 1.58. The summed E-state index contributed by atoms with van der Waals surface area (Å²) in [6.07, 6.45) is 0. The molecule has 0 N–H and O–H groups in total. The molecule has 0 heterocycles. The second-order valence-corrected chi connectivity index (χ2v) is 12.2. The Kier molecular flexibility index (Phi) is 2.86. The summed E-state index contributed by atoms with van der Waals surface area (Å²) in [5, 5.41) is 0. The van der Waals surface area contributed by atoms with Crippen molar-refractivity contribution in [2.45, 2.75) is 18.7 Å². The monoisotopic (exact) mass is 196 g/mol. The molecule has 0 fully saturated rings. The molecule has 11 heavy (non-hydrogen) atoms. The van der Waals surface area contributed by atoms with Crippen molar-refractivity contribution in [2.75, 3.05) is 26.7 Å². The summed E-state index contributed by atoms with van der Waals surface area (Å²) in [5.74, 6) is 0. The van der Waals surface area contributed by atoms with Crippen LogP contribution >= 0.6 is 14.3 Å². The lowest BCUT2D eigenvalue weighted by molar-refractivity contribution is 0.554. The highest BCUT2D eigenvalue weighted by atomic mass is 31.2. The lowest BCUT2D eigenvalue weighted by Gasteiger charge is -2.33. The molecule has 68 valence electrons. The van der Waals surface area contributed by atoms with Gasteiger partial charge < -0.3 is 9.13 Å². The van der Waals surface area contributed by atoms with Crippen LogP contribution in [0.25, 0.3) is 0 Å². The van der Waals surface area contributed by atoms with Gasteiger partial charge in [-0.1, -0.05) is 0 Å². The molecule has 0 radical (unpaired) electrons. The predicted octanol–water partition coefficient (Wildman–Crippen LogP) is 2.97. The van der Waals surface area contributed by atoms with Crippen molar-refractivity contribution in [3.8, 4) is 0 Å². The van der Waals surface area contributed by atoms with E-state index in [9.17, 15) is 9.13 Å². The molecule has 0 aliphatic heterocycles. The summed E-state index contributed by atoms with van der Waals surface area (Å²) in [6.45, 7) is 10.5. The fourth-order valence-electron chi connectivity index (χ4n) is 0.580. The molecule has 0 saturated carbocycles. The normalized spacial score (nSPS) is 15.1. The zero-order valence-corrected chi connectivity index (χ0v) is 10.00. The molecule has 0 aromatic carbocycles. The van der Waals surface area contributed by atoms with Gasteiger partial charge in [-0.05, 0) is 40.5 Å². The maximum absolute atomic E-state index is 11.7. The largest absolute Gasteiger partial charge is 0.323 e. The SMILES string of the molecule is CC(C)(P(C)(C)=O)P(C)(C)=O. The van der Waals surface area contributed by atoms with E-state index < -0.39 is 19.2 Å². The van der Waals surface area contributed by atoms with E-state index in [2.05, 4.69) is 0 Å². The number of hydrogen-bond donors (Lipinski definition) is 0. The van der Waals surface area contributed by atoms with Gasteiger partial charge in [0.25, 0.3) is 0 Å². The van der Waals surface area contributed by atoms with Crippen LogP contribution in [0.3, 0.4) is 0 Å². The Morgan fingerprint density at radius 2 is 1.00 bits per heavy atom. The lowest BCUT2D eigenvalue weighted by Crippen LogP contribution is -2.18. The molecule has 0 bridgehead atoms. The van der Waals surface area contributed by atoms with Crippen molar-refractivity contribution in [2.24, 2.45) is 0 Å². The van der Waals surface area contributed by atoms with Gasteiger partial charge in [-0.15, -0.1) is 0 Å². The lowest BCUT2D eigenvalue weighted by atomic mass is 10.5. The van der Waals surface area contributed by atoms with Gasteiger partial charge in [0.15, 0.2) is 0 Å². The quantitative estimate of drug-likeness (QED) is 0.636. The van der Waals surface area contributed by atoms with Gasteiger partial charge in [0.05, 0.1) is 19.2 Å². The second kappa shape index (κ2) is 2.75. The minimum Gasteiger partial charge on any atom is -0.323 e. The van der Waals surface area contributed by atoms with E-state index in [1.807, 2.05) is 13.8 Å². The first-order chi connectivity index (χ1) is 4.50. The average molecular weight is 196 g/mol. The Hall–Kier alpha value is 0.460. The fraction of sp³-hybridized carbons (Fsp3) is 1.00. The molecule has 0 aliphatic carbocycles. The number of hydrogen-bond acceptors (Lipinski definition) is 2. The smallest absolute Gasteiger partial charge is 0.0942 e. The molecule has 0 aliphatic rings. The van der Waals surface area contributed by atoms with E-state index in [0.29, 0.717) is 0 Å². The molecule has 0 saturated heterocycles. The van der Waals surface area contributed by atoms with E-state index in [1.165, 1.54) is 0 Å². The van der Waals surface area contributed by atoms with Crippen LogP contribution in [-0.4, -0.2) is 31.6 Å². The van der Waals surface area contributed by atoms with Crippen LogP contribution in [0.4, 0.5) is 0 Å². The number of rotatable bonds is 2. The minimum atomic E-state index is -2.25. The third-order valence-corrected chi connectivity index (χ3v) is 10.8.